The van der Waals surface area contributed by atoms with Gasteiger partial charge in [0.2, 0.25) is 5.91 Å². The normalized spacial score (nSPS) is 20.3. The zero-order valence-electron chi connectivity index (χ0n) is 8.87. The van der Waals surface area contributed by atoms with Gasteiger partial charge in [-0.3, -0.25) is 4.79 Å². The van der Waals surface area contributed by atoms with Crippen LogP contribution < -0.4 is 5.73 Å². The van der Waals surface area contributed by atoms with Gasteiger partial charge in [-0.15, -0.1) is 0 Å². The maximum absolute atomic E-state index is 11.8. The standard InChI is InChI=1S/C10H20N2OS/c1-2-4-9(11)10(13)12-5-3-7-14-8-6-12/h9H,2-8,11H2,1H3/t9-/m1/s1. The van der Waals surface area contributed by atoms with Crippen molar-refractivity contribution in [1.29, 1.82) is 0 Å². The van der Waals surface area contributed by atoms with E-state index in [0.717, 1.165) is 38.1 Å². The number of thioether (sulfide) groups is 1. The SMILES string of the molecule is CCC[C@@H](N)C(=O)N1CCCSCC1. The van der Waals surface area contributed by atoms with Gasteiger partial charge in [-0.2, -0.15) is 11.8 Å². The first kappa shape index (κ1) is 11.9. The molecule has 0 aliphatic carbocycles. The summed E-state index contributed by atoms with van der Waals surface area (Å²) >= 11 is 1.93. The molecule has 1 aliphatic heterocycles. The lowest BCUT2D eigenvalue weighted by molar-refractivity contribution is -0.132. The van der Waals surface area contributed by atoms with Gasteiger partial charge in [0.05, 0.1) is 6.04 Å². The summed E-state index contributed by atoms with van der Waals surface area (Å²) < 4.78 is 0. The highest BCUT2D eigenvalue weighted by molar-refractivity contribution is 7.99. The fourth-order valence-corrected chi connectivity index (χ4v) is 2.52. The van der Waals surface area contributed by atoms with Crippen LogP contribution in [0.2, 0.25) is 0 Å². The molecule has 0 aromatic rings. The third kappa shape index (κ3) is 3.50. The third-order valence-electron chi connectivity index (χ3n) is 2.45. The monoisotopic (exact) mass is 216 g/mol. The Bertz CT molecular complexity index is 179. The molecule has 14 heavy (non-hydrogen) atoms. The summed E-state index contributed by atoms with van der Waals surface area (Å²) in [5, 5.41) is 0. The smallest absolute Gasteiger partial charge is 0.239 e. The Hall–Kier alpha value is -0.220. The molecule has 0 radical (unpaired) electrons. The van der Waals surface area contributed by atoms with E-state index in [2.05, 4.69) is 6.92 Å². The first-order valence-corrected chi connectivity index (χ1v) is 6.53. The average molecular weight is 216 g/mol. The second kappa shape index (κ2) is 6.30. The minimum Gasteiger partial charge on any atom is -0.340 e. The van der Waals surface area contributed by atoms with Crippen LogP contribution in [0.3, 0.4) is 0 Å². The van der Waals surface area contributed by atoms with Crippen molar-refractivity contribution in [2.45, 2.75) is 32.2 Å². The zero-order chi connectivity index (χ0) is 10.4. The molecule has 4 heteroatoms. The van der Waals surface area contributed by atoms with E-state index in [-0.39, 0.29) is 11.9 Å². The van der Waals surface area contributed by atoms with Crippen LogP contribution in [-0.4, -0.2) is 41.4 Å². The molecule has 2 N–H and O–H groups in total. The van der Waals surface area contributed by atoms with E-state index in [9.17, 15) is 4.79 Å². The van der Waals surface area contributed by atoms with Gasteiger partial charge in [0.15, 0.2) is 0 Å². The molecule has 1 amide bonds. The molecule has 1 atom stereocenters. The van der Waals surface area contributed by atoms with Crippen molar-refractivity contribution in [1.82, 2.24) is 4.90 Å². The lowest BCUT2D eigenvalue weighted by atomic mass is 10.1. The summed E-state index contributed by atoms with van der Waals surface area (Å²) in [6.07, 6.45) is 2.90. The lowest BCUT2D eigenvalue weighted by Crippen LogP contribution is -2.44. The fraction of sp³-hybridized carbons (Fsp3) is 0.900. The van der Waals surface area contributed by atoms with Crippen LogP contribution in [0, 0.1) is 0 Å². The predicted molar refractivity (Wildman–Crippen MR) is 61.4 cm³/mol. The Labute approximate surface area is 90.4 Å². The van der Waals surface area contributed by atoms with Gasteiger partial charge < -0.3 is 10.6 Å². The summed E-state index contributed by atoms with van der Waals surface area (Å²) in [5.74, 6) is 2.38. The quantitative estimate of drug-likeness (QED) is 0.768. The van der Waals surface area contributed by atoms with Gasteiger partial charge in [0.25, 0.3) is 0 Å². The van der Waals surface area contributed by atoms with E-state index >= 15 is 0 Å². The Kier molecular flexibility index (Phi) is 5.33. The van der Waals surface area contributed by atoms with E-state index in [1.807, 2.05) is 16.7 Å². The number of nitrogens with two attached hydrogens (primary N) is 1. The number of hydrogen-bond donors (Lipinski definition) is 1. The lowest BCUT2D eigenvalue weighted by Gasteiger charge is -2.23. The molecule has 0 aromatic heterocycles. The summed E-state index contributed by atoms with van der Waals surface area (Å²) in [6.45, 7) is 3.83. The summed E-state index contributed by atoms with van der Waals surface area (Å²) in [6, 6.07) is -0.275. The van der Waals surface area contributed by atoms with E-state index < -0.39 is 0 Å². The molecule has 1 aliphatic rings. The van der Waals surface area contributed by atoms with Gasteiger partial charge in [0, 0.05) is 18.8 Å². The van der Waals surface area contributed by atoms with Crippen LogP contribution in [-0.2, 0) is 4.79 Å². The van der Waals surface area contributed by atoms with E-state index in [0.29, 0.717) is 0 Å². The molecule has 3 nitrogen and oxygen atoms in total. The van der Waals surface area contributed by atoms with Crippen LogP contribution in [0.1, 0.15) is 26.2 Å². The predicted octanol–water partition coefficient (Wildman–Crippen LogP) is 1.08. The maximum Gasteiger partial charge on any atom is 0.239 e. The van der Waals surface area contributed by atoms with Crippen molar-refractivity contribution >= 4 is 17.7 Å². The molecule has 1 rings (SSSR count). The Morgan fingerprint density at radius 1 is 1.50 bits per heavy atom. The van der Waals surface area contributed by atoms with Gasteiger partial charge in [0.1, 0.15) is 0 Å². The highest BCUT2D eigenvalue weighted by atomic mass is 32.2. The van der Waals surface area contributed by atoms with Crippen LogP contribution >= 0.6 is 11.8 Å². The Balaban J connectivity index is 2.40. The molecule has 0 unspecified atom stereocenters. The molecular formula is C10H20N2OS. The number of nitrogens with zero attached hydrogens (tertiary/aromatic N) is 1. The number of carbonyl (C=O) groups excluding carboxylic acids is 1. The first-order valence-electron chi connectivity index (χ1n) is 5.37. The molecule has 1 saturated heterocycles. The number of amides is 1. The third-order valence-corrected chi connectivity index (χ3v) is 3.50. The Morgan fingerprint density at radius 2 is 2.29 bits per heavy atom. The second-order valence-corrected chi connectivity index (χ2v) is 4.91. The molecule has 1 heterocycles. The van der Waals surface area contributed by atoms with Crippen molar-refractivity contribution in [2.75, 3.05) is 24.6 Å². The summed E-state index contributed by atoms with van der Waals surface area (Å²) in [7, 11) is 0. The highest BCUT2D eigenvalue weighted by Crippen LogP contribution is 2.11. The topological polar surface area (TPSA) is 46.3 Å². The molecule has 0 bridgehead atoms. The summed E-state index contributed by atoms with van der Waals surface area (Å²) in [5.41, 5.74) is 5.81. The van der Waals surface area contributed by atoms with Crippen molar-refractivity contribution in [3.05, 3.63) is 0 Å². The van der Waals surface area contributed by atoms with Crippen molar-refractivity contribution in [3.8, 4) is 0 Å². The van der Waals surface area contributed by atoms with Crippen LogP contribution in [0.5, 0.6) is 0 Å². The average Bonchev–Trinajstić information content (AvgIpc) is 2.45. The highest BCUT2D eigenvalue weighted by Gasteiger charge is 2.20. The fourth-order valence-electron chi connectivity index (χ4n) is 1.64. The van der Waals surface area contributed by atoms with Crippen LogP contribution in [0.25, 0.3) is 0 Å². The van der Waals surface area contributed by atoms with E-state index in [1.165, 1.54) is 5.75 Å². The van der Waals surface area contributed by atoms with E-state index in [4.69, 9.17) is 5.73 Å². The molecule has 82 valence electrons. The number of carbonyl (C=O) groups is 1. The summed E-state index contributed by atoms with van der Waals surface area (Å²) in [4.78, 5) is 13.8. The Morgan fingerprint density at radius 3 is 3.00 bits per heavy atom. The maximum atomic E-state index is 11.8. The van der Waals surface area contributed by atoms with E-state index in [1.54, 1.807) is 0 Å². The van der Waals surface area contributed by atoms with Gasteiger partial charge >= 0.3 is 0 Å². The first-order chi connectivity index (χ1) is 6.75. The number of rotatable bonds is 3. The number of hydrogen-bond acceptors (Lipinski definition) is 3. The van der Waals surface area contributed by atoms with Crippen LogP contribution in [0.4, 0.5) is 0 Å². The van der Waals surface area contributed by atoms with Gasteiger partial charge in [-0.05, 0) is 18.6 Å². The van der Waals surface area contributed by atoms with Crippen molar-refractivity contribution in [2.24, 2.45) is 5.73 Å². The molecule has 0 saturated carbocycles. The zero-order valence-corrected chi connectivity index (χ0v) is 9.68. The van der Waals surface area contributed by atoms with Gasteiger partial charge in [-0.25, -0.2) is 0 Å². The largest absolute Gasteiger partial charge is 0.340 e. The molecule has 1 fully saturated rings. The minimum atomic E-state index is -0.275. The molecule has 0 spiro atoms. The van der Waals surface area contributed by atoms with Crippen LogP contribution in [0.15, 0.2) is 0 Å². The van der Waals surface area contributed by atoms with Gasteiger partial charge in [-0.1, -0.05) is 13.3 Å². The molecule has 0 aromatic carbocycles. The van der Waals surface area contributed by atoms with Crippen molar-refractivity contribution in [3.63, 3.8) is 0 Å². The molecular weight excluding hydrogens is 196 g/mol. The second-order valence-electron chi connectivity index (χ2n) is 3.69. The van der Waals surface area contributed by atoms with Crippen molar-refractivity contribution < 1.29 is 4.79 Å². The minimum absolute atomic E-state index is 0.148.